The summed E-state index contributed by atoms with van der Waals surface area (Å²) in [4.78, 5) is 25.2. The van der Waals surface area contributed by atoms with Gasteiger partial charge in [-0.25, -0.2) is 0 Å². The van der Waals surface area contributed by atoms with Crippen LogP contribution in [0.15, 0.2) is 0 Å². The minimum atomic E-state index is -0.714. The van der Waals surface area contributed by atoms with Gasteiger partial charge in [0.1, 0.15) is 0 Å². The predicted molar refractivity (Wildman–Crippen MR) is 79.8 cm³/mol. The fraction of sp³-hybridized carbons (Fsp3) is 0.750. The molecule has 0 aromatic carbocycles. The molecular weight excluding hydrogens is 264 g/mol. The summed E-state index contributed by atoms with van der Waals surface area (Å²) in [5.74, 6) is -1.38. The molecule has 7 heteroatoms. The molecule has 0 rings (SSSR count). The number of nitrogens with one attached hydrogen (secondary N) is 2. The average molecular weight is 288 g/mol. The van der Waals surface area contributed by atoms with E-state index in [2.05, 4.69) is 55.4 Å². The summed E-state index contributed by atoms with van der Waals surface area (Å²) in [6, 6.07) is 0.778. The molecule has 0 unspecified atom stereocenters. The molecule has 110 valence electrons. The van der Waals surface area contributed by atoms with Crippen molar-refractivity contribution in [3.05, 3.63) is 0 Å². The fourth-order valence-corrected chi connectivity index (χ4v) is 1.81. The summed E-state index contributed by atoms with van der Waals surface area (Å²) in [5, 5.41) is 4.90. The van der Waals surface area contributed by atoms with Crippen LogP contribution in [0.4, 0.5) is 0 Å². The van der Waals surface area contributed by atoms with Crippen molar-refractivity contribution < 1.29 is 9.59 Å². The van der Waals surface area contributed by atoms with Gasteiger partial charge in [-0.05, 0) is 27.7 Å². The largest absolute Gasteiger partial charge is 0.392 e. The van der Waals surface area contributed by atoms with Gasteiger partial charge in [0.05, 0.1) is 11.5 Å². The normalized spacial score (nSPS) is 10.9. The number of nitrogens with two attached hydrogens (primary N) is 1. The molecular formula is C12H24N4O2S. The smallest absolute Gasteiger partial charge is 0.309 e. The lowest BCUT2D eigenvalue weighted by Gasteiger charge is -2.30. The molecule has 4 N–H and O–H groups in total. The van der Waals surface area contributed by atoms with E-state index < -0.39 is 11.8 Å². The third-order valence-electron chi connectivity index (χ3n) is 2.61. The third kappa shape index (κ3) is 7.74. The summed E-state index contributed by atoms with van der Waals surface area (Å²) in [7, 11) is 0. The highest BCUT2D eigenvalue weighted by atomic mass is 32.1. The summed E-state index contributed by atoms with van der Waals surface area (Å²) >= 11 is 4.60. The molecule has 0 aromatic rings. The molecule has 0 bridgehead atoms. The Morgan fingerprint density at radius 3 is 2.00 bits per heavy atom. The van der Waals surface area contributed by atoms with Crippen LogP contribution in [-0.4, -0.2) is 53.4 Å². The fourth-order valence-electron chi connectivity index (χ4n) is 1.74. The Hall–Kier alpha value is -1.21. The van der Waals surface area contributed by atoms with Crippen LogP contribution in [0.25, 0.3) is 0 Å². The van der Waals surface area contributed by atoms with Gasteiger partial charge in [0.2, 0.25) is 0 Å². The van der Waals surface area contributed by atoms with E-state index in [1.807, 2.05) is 0 Å². The Morgan fingerprint density at radius 1 is 1.11 bits per heavy atom. The zero-order valence-corrected chi connectivity index (χ0v) is 12.8. The second-order valence-electron chi connectivity index (χ2n) is 4.83. The van der Waals surface area contributed by atoms with Gasteiger partial charge in [-0.1, -0.05) is 12.2 Å². The van der Waals surface area contributed by atoms with Crippen LogP contribution < -0.4 is 16.4 Å². The second kappa shape index (κ2) is 8.82. The quantitative estimate of drug-likeness (QED) is 0.439. The topological polar surface area (TPSA) is 87.5 Å². The SMILES string of the molecule is CC(C)N(CCNC(=O)C(=O)NCC(N)=S)C(C)C. The number of hydrogen-bond donors (Lipinski definition) is 3. The number of thiocarbonyl (C=S) groups is 1. The van der Waals surface area contributed by atoms with Gasteiger partial charge in [0.25, 0.3) is 0 Å². The molecule has 0 radical (unpaired) electrons. The van der Waals surface area contributed by atoms with E-state index >= 15 is 0 Å². The van der Waals surface area contributed by atoms with E-state index in [4.69, 9.17) is 5.73 Å². The van der Waals surface area contributed by atoms with Gasteiger partial charge in [-0.15, -0.1) is 0 Å². The lowest BCUT2D eigenvalue weighted by molar-refractivity contribution is -0.139. The third-order valence-corrected chi connectivity index (χ3v) is 2.76. The zero-order valence-electron chi connectivity index (χ0n) is 12.0. The van der Waals surface area contributed by atoms with E-state index in [1.54, 1.807) is 0 Å². The summed E-state index contributed by atoms with van der Waals surface area (Å²) < 4.78 is 0. The molecule has 0 aliphatic heterocycles. The molecule has 0 aromatic heterocycles. The molecule has 0 atom stereocenters. The van der Waals surface area contributed by atoms with E-state index in [9.17, 15) is 9.59 Å². The Labute approximate surface area is 120 Å². The first kappa shape index (κ1) is 17.8. The number of amides is 2. The van der Waals surface area contributed by atoms with Crippen molar-refractivity contribution in [1.29, 1.82) is 0 Å². The Kier molecular flexibility index (Phi) is 8.26. The van der Waals surface area contributed by atoms with E-state index in [1.165, 1.54) is 0 Å². The Bertz CT molecular complexity index is 324. The molecule has 6 nitrogen and oxygen atoms in total. The Morgan fingerprint density at radius 2 is 1.58 bits per heavy atom. The number of carbonyl (C=O) groups is 2. The Balaban J connectivity index is 4.02. The van der Waals surface area contributed by atoms with Crippen LogP contribution in [0.5, 0.6) is 0 Å². The number of carbonyl (C=O) groups excluding carboxylic acids is 2. The molecule has 0 aliphatic carbocycles. The molecule has 0 saturated heterocycles. The first-order valence-electron chi connectivity index (χ1n) is 6.35. The lowest BCUT2D eigenvalue weighted by Crippen LogP contribution is -2.46. The summed E-state index contributed by atoms with van der Waals surface area (Å²) in [6.07, 6.45) is 0. The maximum Gasteiger partial charge on any atom is 0.309 e. The molecule has 2 amide bonds. The van der Waals surface area contributed by atoms with Gasteiger partial charge in [0.15, 0.2) is 0 Å². The highest BCUT2D eigenvalue weighted by Crippen LogP contribution is 2.03. The van der Waals surface area contributed by atoms with Crippen LogP contribution in [0.3, 0.4) is 0 Å². The minimum Gasteiger partial charge on any atom is -0.392 e. The van der Waals surface area contributed by atoms with Crippen LogP contribution in [0, 0.1) is 0 Å². The van der Waals surface area contributed by atoms with Crippen molar-refractivity contribution in [3.8, 4) is 0 Å². The maximum atomic E-state index is 11.5. The van der Waals surface area contributed by atoms with Crippen molar-refractivity contribution >= 4 is 29.0 Å². The van der Waals surface area contributed by atoms with Gasteiger partial charge < -0.3 is 16.4 Å². The van der Waals surface area contributed by atoms with E-state index in [0.717, 1.165) is 0 Å². The zero-order chi connectivity index (χ0) is 15.0. The second-order valence-corrected chi connectivity index (χ2v) is 5.35. The van der Waals surface area contributed by atoms with Gasteiger partial charge >= 0.3 is 11.8 Å². The molecule has 0 fully saturated rings. The van der Waals surface area contributed by atoms with Crippen LogP contribution in [0.2, 0.25) is 0 Å². The van der Waals surface area contributed by atoms with Gasteiger partial charge in [-0.3, -0.25) is 14.5 Å². The average Bonchev–Trinajstić information content (AvgIpc) is 2.29. The first-order valence-corrected chi connectivity index (χ1v) is 6.76. The summed E-state index contributed by atoms with van der Waals surface area (Å²) in [5.41, 5.74) is 5.23. The van der Waals surface area contributed by atoms with Gasteiger partial charge in [0, 0.05) is 25.2 Å². The molecule has 19 heavy (non-hydrogen) atoms. The van der Waals surface area contributed by atoms with Gasteiger partial charge in [-0.2, -0.15) is 0 Å². The van der Waals surface area contributed by atoms with E-state index in [0.29, 0.717) is 25.2 Å². The molecule has 0 aliphatic rings. The van der Waals surface area contributed by atoms with Crippen LogP contribution in [0.1, 0.15) is 27.7 Å². The molecule has 0 heterocycles. The minimum absolute atomic E-state index is 0.0334. The molecule has 0 saturated carbocycles. The highest BCUT2D eigenvalue weighted by Gasteiger charge is 2.15. The van der Waals surface area contributed by atoms with Crippen molar-refractivity contribution in [2.24, 2.45) is 5.73 Å². The van der Waals surface area contributed by atoms with Crippen LogP contribution >= 0.6 is 12.2 Å². The number of nitrogens with zero attached hydrogens (tertiary/aromatic N) is 1. The van der Waals surface area contributed by atoms with Crippen molar-refractivity contribution in [3.63, 3.8) is 0 Å². The lowest BCUT2D eigenvalue weighted by atomic mass is 10.2. The van der Waals surface area contributed by atoms with Crippen molar-refractivity contribution in [1.82, 2.24) is 15.5 Å². The first-order chi connectivity index (χ1) is 8.75. The van der Waals surface area contributed by atoms with Crippen molar-refractivity contribution in [2.45, 2.75) is 39.8 Å². The highest BCUT2D eigenvalue weighted by molar-refractivity contribution is 7.80. The maximum absolute atomic E-state index is 11.5. The van der Waals surface area contributed by atoms with Crippen LogP contribution in [-0.2, 0) is 9.59 Å². The predicted octanol–water partition coefficient (Wildman–Crippen LogP) is -0.376. The molecule has 0 spiro atoms. The number of hydrogen-bond acceptors (Lipinski definition) is 4. The summed E-state index contributed by atoms with van der Waals surface area (Å²) in [6.45, 7) is 9.53. The standard InChI is InChI=1S/C12H24N4O2S/c1-8(2)16(9(3)4)6-5-14-11(17)12(18)15-7-10(13)19/h8-9H,5-7H2,1-4H3,(H2,13,19)(H,14,17)(H,15,18). The number of rotatable bonds is 7. The van der Waals surface area contributed by atoms with E-state index in [-0.39, 0.29) is 11.5 Å². The van der Waals surface area contributed by atoms with Crippen molar-refractivity contribution in [2.75, 3.05) is 19.6 Å². The monoisotopic (exact) mass is 288 g/mol.